The molecule has 0 aromatic heterocycles. The molecule has 0 fully saturated rings. The highest BCUT2D eigenvalue weighted by Gasteiger charge is 2.15. The molecule has 0 bridgehead atoms. The number of urea groups is 1. The van der Waals surface area contributed by atoms with Gasteiger partial charge in [0.05, 0.1) is 12.5 Å². The van der Waals surface area contributed by atoms with Gasteiger partial charge in [0.15, 0.2) is 0 Å². The van der Waals surface area contributed by atoms with Gasteiger partial charge in [0.25, 0.3) is 0 Å². The zero-order chi connectivity index (χ0) is 15.5. The van der Waals surface area contributed by atoms with Gasteiger partial charge in [0, 0.05) is 19.1 Å². The first-order chi connectivity index (χ1) is 9.42. The summed E-state index contributed by atoms with van der Waals surface area (Å²) in [5.74, 6) is -1.12. The largest absolute Gasteiger partial charge is 0.481 e. The molecule has 0 heterocycles. The highest BCUT2D eigenvalue weighted by atomic mass is 16.4. The van der Waals surface area contributed by atoms with Crippen molar-refractivity contribution in [1.29, 1.82) is 0 Å². The Morgan fingerprint density at radius 2 is 1.85 bits per heavy atom. The van der Waals surface area contributed by atoms with Gasteiger partial charge in [0.2, 0.25) is 0 Å². The summed E-state index contributed by atoms with van der Waals surface area (Å²) in [5, 5.41) is 20.6. The second-order valence-electron chi connectivity index (χ2n) is 5.23. The van der Waals surface area contributed by atoms with Gasteiger partial charge in [0.1, 0.15) is 0 Å². The molecule has 0 aromatic carbocycles. The number of aliphatic hydroxyl groups is 1. The second-order valence-corrected chi connectivity index (χ2v) is 5.23. The summed E-state index contributed by atoms with van der Waals surface area (Å²) in [4.78, 5) is 24.2. The minimum Gasteiger partial charge on any atom is -0.481 e. The lowest BCUT2D eigenvalue weighted by Gasteiger charge is -2.24. The van der Waals surface area contributed by atoms with Crippen LogP contribution in [0.1, 0.15) is 46.5 Å². The zero-order valence-corrected chi connectivity index (χ0v) is 12.8. The summed E-state index contributed by atoms with van der Waals surface area (Å²) >= 11 is 0. The third-order valence-electron chi connectivity index (χ3n) is 3.22. The zero-order valence-electron chi connectivity index (χ0n) is 12.8. The molecule has 118 valence electrons. The van der Waals surface area contributed by atoms with Crippen molar-refractivity contribution < 1.29 is 19.8 Å². The molecule has 0 rings (SSSR count). The number of hydrogen-bond donors (Lipinski definition) is 3. The van der Waals surface area contributed by atoms with Gasteiger partial charge in [-0.3, -0.25) is 4.79 Å². The maximum atomic E-state index is 11.9. The molecule has 0 aliphatic heterocycles. The first kappa shape index (κ1) is 18.7. The number of aliphatic hydroxyl groups excluding tert-OH is 1. The van der Waals surface area contributed by atoms with Crippen molar-refractivity contribution in [2.45, 2.75) is 52.5 Å². The number of carbonyl (C=O) groups is 2. The number of nitrogens with one attached hydrogen (secondary N) is 1. The fourth-order valence-electron chi connectivity index (χ4n) is 1.93. The lowest BCUT2D eigenvalue weighted by molar-refractivity contribution is -0.141. The summed E-state index contributed by atoms with van der Waals surface area (Å²) in [7, 11) is 0. The summed E-state index contributed by atoms with van der Waals surface area (Å²) < 4.78 is 0. The van der Waals surface area contributed by atoms with Gasteiger partial charge in [-0.25, -0.2) is 4.79 Å². The van der Waals surface area contributed by atoms with Crippen molar-refractivity contribution in [3.8, 4) is 0 Å². The van der Waals surface area contributed by atoms with Gasteiger partial charge in [-0.05, 0) is 26.2 Å². The maximum Gasteiger partial charge on any atom is 0.317 e. The number of aliphatic carboxylic acids is 1. The first-order valence-corrected chi connectivity index (χ1v) is 7.31. The van der Waals surface area contributed by atoms with Crippen LogP contribution in [-0.4, -0.2) is 52.9 Å². The van der Waals surface area contributed by atoms with Crippen LogP contribution in [0.4, 0.5) is 4.79 Å². The van der Waals surface area contributed by atoms with Gasteiger partial charge in [-0.2, -0.15) is 0 Å². The molecular weight excluding hydrogens is 260 g/mol. The van der Waals surface area contributed by atoms with Crippen molar-refractivity contribution in [2.24, 2.45) is 5.92 Å². The molecule has 20 heavy (non-hydrogen) atoms. The maximum absolute atomic E-state index is 11.9. The molecular formula is C14H28N2O4. The van der Waals surface area contributed by atoms with Crippen LogP contribution in [0, 0.1) is 5.92 Å². The van der Waals surface area contributed by atoms with Gasteiger partial charge >= 0.3 is 12.0 Å². The standard InChI is InChI=1S/C14H28N2O4/c1-4-8-16(9-10-17)14(20)15-12(3)7-5-6-11(2)13(18)19/h11-12,17H,4-10H2,1-3H3,(H,15,20)(H,18,19). The van der Waals surface area contributed by atoms with Crippen molar-refractivity contribution in [1.82, 2.24) is 10.2 Å². The van der Waals surface area contributed by atoms with Crippen molar-refractivity contribution >= 4 is 12.0 Å². The lowest BCUT2D eigenvalue weighted by Crippen LogP contribution is -2.45. The monoisotopic (exact) mass is 288 g/mol. The Kier molecular flexibility index (Phi) is 9.80. The molecule has 2 atom stereocenters. The van der Waals surface area contributed by atoms with E-state index < -0.39 is 5.97 Å². The fourth-order valence-corrected chi connectivity index (χ4v) is 1.93. The van der Waals surface area contributed by atoms with Crippen LogP contribution in [0.15, 0.2) is 0 Å². The van der Waals surface area contributed by atoms with E-state index in [1.54, 1.807) is 11.8 Å². The number of nitrogens with zero attached hydrogens (tertiary/aromatic N) is 1. The third kappa shape index (κ3) is 7.99. The van der Waals surface area contributed by atoms with Crippen LogP contribution in [0.2, 0.25) is 0 Å². The van der Waals surface area contributed by atoms with Gasteiger partial charge < -0.3 is 20.4 Å². The highest BCUT2D eigenvalue weighted by Crippen LogP contribution is 2.09. The molecule has 6 heteroatoms. The molecule has 2 amide bonds. The summed E-state index contributed by atoms with van der Waals surface area (Å²) in [6.45, 7) is 6.49. The van der Waals surface area contributed by atoms with Gasteiger partial charge in [-0.15, -0.1) is 0 Å². The minimum atomic E-state index is -0.779. The molecule has 0 radical (unpaired) electrons. The Labute approximate surface area is 121 Å². The van der Waals surface area contributed by atoms with E-state index in [-0.39, 0.29) is 24.6 Å². The van der Waals surface area contributed by atoms with E-state index in [9.17, 15) is 9.59 Å². The van der Waals surface area contributed by atoms with Crippen molar-refractivity contribution in [3.05, 3.63) is 0 Å². The van der Waals surface area contributed by atoms with E-state index in [0.717, 1.165) is 19.3 Å². The molecule has 0 aliphatic rings. The molecule has 0 aromatic rings. The van der Waals surface area contributed by atoms with Crippen LogP contribution in [0.3, 0.4) is 0 Å². The Morgan fingerprint density at radius 1 is 1.20 bits per heavy atom. The van der Waals surface area contributed by atoms with E-state index >= 15 is 0 Å². The average Bonchev–Trinajstić information content (AvgIpc) is 2.38. The number of carboxylic acid groups (broad SMARTS) is 1. The molecule has 0 aliphatic carbocycles. The predicted molar refractivity (Wildman–Crippen MR) is 77.6 cm³/mol. The highest BCUT2D eigenvalue weighted by molar-refractivity contribution is 5.74. The Bertz CT molecular complexity index is 291. The fraction of sp³-hybridized carbons (Fsp3) is 0.857. The molecule has 2 unspecified atom stereocenters. The Hall–Kier alpha value is -1.30. The Balaban J connectivity index is 4.01. The topological polar surface area (TPSA) is 89.9 Å². The quantitative estimate of drug-likeness (QED) is 0.570. The number of rotatable bonds is 10. The van der Waals surface area contributed by atoms with E-state index in [0.29, 0.717) is 19.5 Å². The summed E-state index contributed by atoms with van der Waals surface area (Å²) in [5.41, 5.74) is 0. The average molecular weight is 288 g/mol. The first-order valence-electron chi connectivity index (χ1n) is 7.31. The number of carbonyl (C=O) groups excluding carboxylic acids is 1. The summed E-state index contributed by atoms with van der Waals surface area (Å²) in [6.07, 6.45) is 2.98. The van der Waals surface area contributed by atoms with E-state index in [2.05, 4.69) is 5.32 Å². The number of hydrogen-bond acceptors (Lipinski definition) is 3. The molecule has 3 N–H and O–H groups in total. The molecule has 6 nitrogen and oxygen atoms in total. The Morgan fingerprint density at radius 3 is 2.35 bits per heavy atom. The van der Waals surface area contributed by atoms with Crippen LogP contribution in [0.5, 0.6) is 0 Å². The van der Waals surface area contributed by atoms with E-state index in [4.69, 9.17) is 10.2 Å². The van der Waals surface area contributed by atoms with Crippen LogP contribution < -0.4 is 5.32 Å². The second kappa shape index (κ2) is 10.5. The smallest absolute Gasteiger partial charge is 0.317 e. The van der Waals surface area contributed by atoms with E-state index in [1.807, 2.05) is 13.8 Å². The molecule has 0 saturated carbocycles. The van der Waals surface area contributed by atoms with Crippen LogP contribution in [0.25, 0.3) is 0 Å². The SMILES string of the molecule is CCCN(CCO)C(=O)NC(C)CCCC(C)C(=O)O. The minimum absolute atomic E-state index is 0.00143. The predicted octanol–water partition coefficient (Wildman–Crippen LogP) is 1.68. The number of amides is 2. The van der Waals surface area contributed by atoms with E-state index in [1.165, 1.54) is 0 Å². The summed E-state index contributed by atoms with van der Waals surface area (Å²) in [6, 6.07) is -0.166. The van der Waals surface area contributed by atoms with Crippen molar-refractivity contribution in [3.63, 3.8) is 0 Å². The lowest BCUT2D eigenvalue weighted by atomic mass is 10.0. The van der Waals surface area contributed by atoms with Crippen LogP contribution >= 0.6 is 0 Å². The van der Waals surface area contributed by atoms with Crippen molar-refractivity contribution in [2.75, 3.05) is 19.7 Å². The van der Waals surface area contributed by atoms with Gasteiger partial charge in [-0.1, -0.05) is 20.3 Å². The molecule has 0 saturated heterocycles. The molecule has 0 spiro atoms. The third-order valence-corrected chi connectivity index (χ3v) is 3.22. The van der Waals surface area contributed by atoms with Crippen LogP contribution in [-0.2, 0) is 4.79 Å². The number of carboxylic acids is 1. The normalized spacial score (nSPS) is 13.6.